The number of nitrogens with two attached hydrogens (primary N) is 1. The zero-order valence-corrected chi connectivity index (χ0v) is 10.9. The van der Waals surface area contributed by atoms with Crippen molar-refractivity contribution in [1.82, 2.24) is 0 Å². The summed E-state index contributed by atoms with van der Waals surface area (Å²) in [5, 5.41) is 0. The highest BCUT2D eigenvalue weighted by Gasteiger charge is 2.29. The molecule has 0 fully saturated rings. The van der Waals surface area contributed by atoms with Gasteiger partial charge in [-0.3, -0.25) is 4.79 Å². The Kier molecular flexibility index (Phi) is 5.04. The van der Waals surface area contributed by atoms with Crippen molar-refractivity contribution in [1.29, 1.82) is 0 Å². The van der Waals surface area contributed by atoms with Gasteiger partial charge in [0.1, 0.15) is 6.54 Å². The van der Waals surface area contributed by atoms with E-state index in [-0.39, 0.29) is 12.6 Å². The maximum absolute atomic E-state index is 13.5. The summed E-state index contributed by atoms with van der Waals surface area (Å²) >= 11 is 0. The smallest absolute Gasteiger partial charge is 0.272 e. The number of carbonyl (C=O) groups excluding carboxylic acids is 1. The number of hydrogen-bond donors (Lipinski definition) is 2. The summed E-state index contributed by atoms with van der Waals surface area (Å²) in [7, 11) is 0. The number of quaternary nitrogens is 1. The molecule has 0 spiro atoms. The molecule has 0 saturated heterocycles. The van der Waals surface area contributed by atoms with E-state index in [9.17, 15) is 26.7 Å². The van der Waals surface area contributed by atoms with Crippen molar-refractivity contribution in [3.05, 3.63) is 34.6 Å². The van der Waals surface area contributed by atoms with Crippen molar-refractivity contribution in [2.75, 3.05) is 6.54 Å². The molecule has 1 aromatic carbocycles. The molecule has 0 aromatic heterocycles. The number of amides is 1. The van der Waals surface area contributed by atoms with Crippen LogP contribution in [0.15, 0.2) is 0 Å². The molecule has 0 aliphatic rings. The van der Waals surface area contributed by atoms with Crippen molar-refractivity contribution in [2.45, 2.75) is 26.4 Å². The Balaban J connectivity index is 3.23. The monoisotopic (exact) mass is 297 g/mol. The average molecular weight is 297 g/mol. The molecule has 3 N–H and O–H groups in total. The Morgan fingerprint density at radius 1 is 1.00 bits per heavy atom. The molecule has 20 heavy (non-hydrogen) atoms. The first-order valence-electron chi connectivity index (χ1n) is 5.80. The first kappa shape index (κ1) is 16.4. The molecule has 1 aromatic rings. The second-order valence-electron chi connectivity index (χ2n) is 4.68. The highest BCUT2D eigenvalue weighted by molar-refractivity contribution is 5.74. The van der Waals surface area contributed by atoms with Gasteiger partial charge < -0.3 is 10.6 Å². The molecule has 3 nitrogen and oxygen atoms in total. The van der Waals surface area contributed by atoms with Gasteiger partial charge >= 0.3 is 0 Å². The van der Waals surface area contributed by atoms with E-state index in [1.165, 1.54) is 0 Å². The van der Waals surface area contributed by atoms with Crippen molar-refractivity contribution in [2.24, 2.45) is 5.73 Å². The maximum Gasteiger partial charge on any atom is 0.272 e. The summed E-state index contributed by atoms with van der Waals surface area (Å²) in [5.74, 6) is -10.7. The number of benzene rings is 1. The molecule has 0 bridgehead atoms. The molecule has 1 atom stereocenters. The summed E-state index contributed by atoms with van der Waals surface area (Å²) in [6.07, 6.45) is 0. The minimum atomic E-state index is -2.20. The zero-order chi connectivity index (χ0) is 15.6. The average Bonchev–Trinajstić information content (AvgIpc) is 2.37. The highest BCUT2D eigenvalue weighted by atomic mass is 19.2. The van der Waals surface area contributed by atoms with E-state index < -0.39 is 47.1 Å². The summed E-state index contributed by atoms with van der Waals surface area (Å²) in [6.45, 7) is 2.44. The van der Waals surface area contributed by atoms with Crippen LogP contribution in [0.2, 0.25) is 0 Å². The molecule has 0 heterocycles. The van der Waals surface area contributed by atoms with Gasteiger partial charge in [-0.05, 0) is 13.8 Å². The van der Waals surface area contributed by atoms with Gasteiger partial charge in [-0.15, -0.1) is 0 Å². The number of carbonyl (C=O) groups is 1. The van der Waals surface area contributed by atoms with Crippen LogP contribution >= 0.6 is 0 Å². The first-order valence-corrected chi connectivity index (χ1v) is 5.80. The van der Waals surface area contributed by atoms with Crippen LogP contribution < -0.4 is 10.6 Å². The van der Waals surface area contributed by atoms with Gasteiger partial charge in [0, 0.05) is 0 Å². The van der Waals surface area contributed by atoms with E-state index in [0.717, 1.165) is 0 Å². The Hall–Kier alpha value is -1.70. The van der Waals surface area contributed by atoms with Gasteiger partial charge in [0.25, 0.3) is 5.91 Å². The third-order valence-corrected chi connectivity index (χ3v) is 2.92. The number of halogens is 5. The minimum absolute atomic E-state index is 0.281. The van der Waals surface area contributed by atoms with Crippen molar-refractivity contribution in [3.8, 4) is 0 Å². The fraction of sp³-hybridized carbons (Fsp3) is 0.417. The molecule has 0 aliphatic carbocycles. The number of rotatable bonds is 5. The van der Waals surface area contributed by atoms with Crippen LogP contribution in [0.1, 0.15) is 19.4 Å². The number of nitrogens with one attached hydrogen (secondary N) is 1. The van der Waals surface area contributed by atoms with Crippen molar-refractivity contribution < 1.29 is 31.6 Å². The Bertz CT molecular complexity index is 504. The first-order chi connectivity index (χ1) is 9.16. The molecule has 1 amide bonds. The van der Waals surface area contributed by atoms with Crippen LogP contribution in [-0.2, 0) is 11.3 Å². The van der Waals surface area contributed by atoms with E-state index in [4.69, 9.17) is 5.73 Å². The Labute approximate surface area is 112 Å². The molecule has 1 unspecified atom stereocenters. The molecular formula is C12H14F5N2O+. The Morgan fingerprint density at radius 3 is 1.75 bits per heavy atom. The molecule has 0 radical (unpaired) electrons. The third-order valence-electron chi connectivity index (χ3n) is 2.92. The van der Waals surface area contributed by atoms with Crippen LogP contribution in [0.5, 0.6) is 0 Å². The Morgan fingerprint density at radius 2 is 1.40 bits per heavy atom. The molecule has 112 valence electrons. The van der Waals surface area contributed by atoms with E-state index >= 15 is 0 Å². The number of primary amides is 1. The minimum Gasteiger partial charge on any atom is -0.365 e. The van der Waals surface area contributed by atoms with Crippen molar-refractivity contribution >= 4 is 5.91 Å². The SMILES string of the molecule is CC(C)[NH+](CC(N)=O)Cc1c(F)c(F)c(F)c(F)c1F. The molecule has 1 rings (SSSR count). The lowest BCUT2D eigenvalue weighted by atomic mass is 10.1. The standard InChI is InChI=1S/C12H13F5N2O/c1-5(2)19(4-7(18)20)3-6-8(13)10(15)12(17)11(16)9(6)14/h5H,3-4H2,1-2H3,(H2,18,20)/p+1. The summed E-state index contributed by atoms with van der Waals surface area (Å²) in [4.78, 5) is 11.2. The summed E-state index contributed by atoms with van der Waals surface area (Å²) < 4.78 is 66.0. The topological polar surface area (TPSA) is 47.5 Å². The van der Waals surface area contributed by atoms with Crippen LogP contribution in [0.4, 0.5) is 22.0 Å². The van der Waals surface area contributed by atoms with Crippen LogP contribution in [0.3, 0.4) is 0 Å². The van der Waals surface area contributed by atoms with Gasteiger partial charge in [0.05, 0.1) is 11.6 Å². The zero-order valence-electron chi connectivity index (χ0n) is 10.9. The highest BCUT2D eigenvalue weighted by Crippen LogP contribution is 2.22. The lowest BCUT2D eigenvalue weighted by Crippen LogP contribution is -3.14. The normalized spacial score (nSPS) is 12.8. The molecule has 8 heteroatoms. The van der Waals surface area contributed by atoms with Gasteiger partial charge in [0.2, 0.25) is 5.82 Å². The predicted molar refractivity (Wildman–Crippen MR) is 60.1 cm³/mol. The second-order valence-corrected chi connectivity index (χ2v) is 4.68. The lowest BCUT2D eigenvalue weighted by molar-refractivity contribution is -0.927. The second kappa shape index (κ2) is 6.17. The van der Waals surface area contributed by atoms with E-state index in [2.05, 4.69) is 0 Å². The molecule has 0 saturated carbocycles. The third kappa shape index (κ3) is 3.24. The van der Waals surface area contributed by atoms with Gasteiger partial charge in [-0.1, -0.05) is 0 Å². The van der Waals surface area contributed by atoms with Gasteiger partial charge in [0.15, 0.2) is 29.8 Å². The molecular weight excluding hydrogens is 283 g/mol. The van der Waals surface area contributed by atoms with E-state index in [1.807, 2.05) is 0 Å². The van der Waals surface area contributed by atoms with Gasteiger partial charge in [-0.25, -0.2) is 22.0 Å². The van der Waals surface area contributed by atoms with Crippen molar-refractivity contribution in [3.63, 3.8) is 0 Å². The predicted octanol–water partition coefficient (Wildman–Crippen LogP) is 0.661. The lowest BCUT2D eigenvalue weighted by Gasteiger charge is -2.22. The van der Waals surface area contributed by atoms with E-state index in [1.54, 1.807) is 13.8 Å². The van der Waals surface area contributed by atoms with E-state index in [0.29, 0.717) is 4.90 Å². The van der Waals surface area contributed by atoms with Crippen LogP contribution in [0.25, 0.3) is 0 Å². The summed E-state index contributed by atoms with van der Waals surface area (Å²) in [6, 6.07) is -0.294. The fourth-order valence-corrected chi connectivity index (χ4v) is 1.73. The maximum atomic E-state index is 13.5. The fourth-order valence-electron chi connectivity index (χ4n) is 1.73. The van der Waals surface area contributed by atoms with Gasteiger partial charge in [-0.2, -0.15) is 0 Å². The largest absolute Gasteiger partial charge is 0.365 e. The van der Waals surface area contributed by atoms with Crippen LogP contribution in [0, 0.1) is 29.1 Å². The van der Waals surface area contributed by atoms with Crippen LogP contribution in [-0.4, -0.2) is 18.5 Å². The number of hydrogen-bond acceptors (Lipinski definition) is 1. The quantitative estimate of drug-likeness (QED) is 0.468. The summed E-state index contributed by atoms with van der Waals surface area (Å²) in [5.41, 5.74) is 4.04. The molecule has 0 aliphatic heterocycles.